The van der Waals surface area contributed by atoms with Gasteiger partial charge in [0.2, 0.25) is 0 Å². The average molecular weight is 458 g/mol. The van der Waals surface area contributed by atoms with Crippen LogP contribution < -0.4 is 0 Å². The number of rotatable bonds is 5. The summed E-state index contributed by atoms with van der Waals surface area (Å²) in [5, 5.41) is -2.33. The predicted molar refractivity (Wildman–Crippen MR) is 102 cm³/mol. The first-order valence-electron chi connectivity index (χ1n) is 8.28. The molecule has 0 aliphatic carbocycles. The highest BCUT2D eigenvalue weighted by Crippen LogP contribution is 2.33. The van der Waals surface area contributed by atoms with Crippen LogP contribution in [0, 0.1) is 0 Å². The molecule has 0 aromatic carbocycles. The lowest BCUT2D eigenvalue weighted by Crippen LogP contribution is -2.10. The second-order valence-electron chi connectivity index (χ2n) is 6.03. The summed E-state index contributed by atoms with van der Waals surface area (Å²) < 4.78 is 62.7. The molecule has 0 aliphatic heterocycles. The maximum Gasteiger partial charge on any atom is 0.427 e. The van der Waals surface area contributed by atoms with Crippen molar-refractivity contribution < 1.29 is 21.9 Å². The smallest absolute Gasteiger partial charge is 0.427 e. The van der Waals surface area contributed by atoms with Gasteiger partial charge in [0.25, 0.3) is 0 Å². The molecule has 0 fully saturated rings. The summed E-state index contributed by atoms with van der Waals surface area (Å²) in [4.78, 5) is 20.7. The van der Waals surface area contributed by atoms with Gasteiger partial charge in [0.15, 0.2) is 17.5 Å². The van der Waals surface area contributed by atoms with Crippen LogP contribution >= 0.6 is 11.6 Å². The van der Waals surface area contributed by atoms with Crippen molar-refractivity contribution in [3.63, 3.8) is 0 Å². The van der Waals surface area contributed by atoms with E-state index in [2.05, 4.69) is 24.9 Å². The van der Waals surface area contributed by atoms with E-state index in [1.807, 2.05) is 0 Å². The first kappa shape index (κ1) is 22.0. The fraction of sp³-hybridized carbons (Fsp3) is 0.235. The molecule has 2 atom stereocenters. The molecule has 0 radical (unpaired) electrons. The van der Waals surface area contributed by atoms with E-state index in [1.165, 1.54) is 43.3 Å². The molecule has 0 bridgehead atoms. The van der Waals surface area contributed by atoms with Crippen molar-refractivity contribution >= 4 is 28.8 Å². The maximum absolute atomic E-state index is 12.8. The highest BCUT2D eigenvalue weighted by atomic mass is 35.5. The van der Waals surface area contributed by atoms with Gasteiger partial charge in [-0.15, -0.1) is 0 Å². The van der Waals surface area contributed by atoms with Crippen molar-refractivity contribution in [2.24, 2.45) is 7.05 Å². The van der Waals surface area contributed by atoms with Crippen LogP contribution in [0.2, 0.25) is 0 Å². The maximum atomic E-state index is 12.8. The van der Waals surface area contributed by atoms with E-state index >= 15 is 0 Å². The molecular formula is C17H13ClF3N6O2S-. The lowest BCUT2D eigenvalue weighted by Gasteiger charge is -2.18. The average Bonchev–Trinajstić information content (AvgIpc) is 3.07. The molecule has 3 heterocycles. The summed E-state index contributed by atoms with van der Waals surface area (Å²) in [5.74, 6) is 0.419. The molecule has 3 rings (SSSR count). The minimum absolute atomic E-state index is 0.0466. The number of nitrogens with zero attached hydrogens (tertiary/aromatic N) is 6. The Morgan fingerprint density at radius 2 is 1.87 bits per heavy atom. The highest BCUT2D eigenvalue weighted by molar-refractivity contribution is 7.79. The van der Waals surface area contributed by atoms with E-state index in [0.717, 1.165) is 6.08 Å². The van der Waals surface area contributed by atoms with Crippen LogP contribution in [-0.2, 0) is 18.1 Å². The van der Waals surface area contributed by atoms with Gasteiger partial charge >= 0.3 is 6.18 Å². The van der Waals surface area contributed by atoms with Crippen LogP contribution in [0.4, 0.5) is 13.2 Å². The van der Waals surface area contributed by atoms with Crippen molar-refractivity contribution in [1.29, 1.82) is 0 Å². The molecule has 30 heavy (non-hydrogen) atoms. The van der Waals surface area contributed by atoms with E-state index in [4.69, 9.17) is 11.6 Å². The SMILES string of the molecule is CC(c1cnc(-c2ncccn2)nc1-c1ncc(/C=C(\Cl)C(F)(F)F)n1C)S(=O)[O-]. The van der Waals surface area contributed by atoms with Crippen LogP contribution in [0.25, 0.3) is 29.2 Å². The summed E-state index contributed by atoms with van der Waals surface area (Å²) in [6, 6.07) is 1.60. The van der Waals surface area contributed by atoms with Gasteiger partial charge in [-0.2, -0.15) is 13.2 Å². The lowest BCUT2D eigenvalue weighted by molar-refractivity contribution is -0.0837. The van der Waals surface area contributed by atoms with E-state index in [1.54, 1.807) is 6.07 Å². The van der Waals surface area contributed by atoms with Gasteiger partial charge < -0.3 is 9.12 Å². The van der Waals surface area contributed by atoms with E-state index in [-0.39, 0.29) is 34.4 Å². The predicted octanol–water partition coefficient (Wildman–Crippen LogP) is 3.42. The van der Waals surface area contributed by atoms with Gasteiger partial charge in [0.1, 0.15) is 10.7 Å². The molecule has 0 spiro atoms. The normalized spacial score (nSPS) is 14.6. The van der Waals surface area contributed by atoms with Gasteiger partial charge in [0.05, 0.1) is 11.9 Å². The van der Waals surface area contributed by atoms with E-state index in [9.17, 15) is 21.9 Å². The van der Waals surface area contributed by atoms with Crippen LogP contribution in [0.1, 0.15) is 23.4 Å². The van der Waals surface area contributed by atoms with Crippen LogP contribution in [0.5, 0.6) is 0 Å². The molecule has 0 saturated heterocycles. The fourth-order valence-corrected chi connectivity index (χ4v) is 2.97. The molecular weight excluding hydrogens is 445 g/mol. The van der Waals surface area contributed by atoms with Crippen molar-refractivity contribution in [1.82, 2.24) is 29.5 Å². The number of aromatic nitrogens is 6. The molecule has 158 valence electrons. The van der Waals surface area contributed by atoms with Crippen LogP contribution in [-0.4, -0.2) is 44.4 Å². The number of imidazole rings is 1. The molecule has 13 heteroatoms. The molecule has 8 nitrogen and oxygen atoms in total. The molecule has 0 amide bonds. The van der Waals surface area contributed by atoms with Crippen molar-refractivity contribution in [2.45, 2.75) is 18.3 Å². The van der Waals surface area contributed by atoms with Crippen LogP contribution in [0.15, 0.2) is 35.9 Å². The van der Waals surface area contributed by atoms with E-state index in [0.29, 0.717) is 0 Å². The third-order valence-electron chi connectivity index (χ3n) is 4.09. The Bertz CT molecular complexity index is 1120. The third kappa shape index (κ3) is 4.55. The summed E-state index contributed by atoms with van der Waals surface area (Å²) >= 11 is 2.82. The topological polar surface area (TPSA) is 110 Å². The van der Waals surface area contributed by atoms with Gasteiger partial charge in [-0.05, 0) is 30.1 Å². The molecule has 3 aromatic heterocycles. The number of hydrogen-bond donors (Lipinski definition) is 0. The minimum Gasteiger partial charge on any atom is -0.772 e. The van der Waals surface area contributed by atoms with Crippen LogP contribution in [0.3, 0.4) is 0 Å². The Labute approximate surface area is 176 Å². The Hall–Kier alpha value is -2.70. The fourth-order valence-electron chi connectivity index (χ4n) is 2.48. The Morgan fingerprint density at radius 1 is 1.20 bits per heavy atom. The molecule has 3 aromatic rings. The van der Waals surface area contributed by atoms with Crippen molar-refractivity contribution in [3.05, 3.63) is 47.1 Å². The Morgan fingerprint density at radius 3 is 2.47 bits per heavy atom. The summed E-state index contributed by atoms with van der Waals surface area (Å²) in [7, 11) is 1.46. The zero-order valence-electron chi connectivity index (χ0n) is 15.5. The van der Waals surface area contributed by atoms with Gasteiger partial charge in [0, 0.05) is 36.5 Å². The second-order valence-corrected chi connectivity index (χ2v) is 7.66. The summed E-state index contributed by atoms with van der Waals surface area (Å²) in [5.41, 5.74) is 0.383. The largest absolute Gasteiger partial charge is 0.772 e. The number of allylic oxidation sites excluding steroid dienone is 1. The number of hydrogen-bond acceptors (Lipinski definition) is 7. The highest BCUT2D eigenvalue weighted by Gasteiger charge is 2.32. The zero-order chi connectivity index (χ0) is 22.1. The molecule has 0 N–H and O–H groups in total. The van der Waals surface area contributed by atoms with Crippen molar-refractivity contribution in [3.8, 4) is 23.2 Å². The molecule has 2 unspecified atom stereocenters. The number of alkyl halides is 3. The lowest BCUT2D eigenvalue weighted by atomic mass is 10.1. The minimum atomic E-state index is -4.71. The van der Waals surface area contributed by atoms with Gasteiger partial charge in [-0.1, -0.05) is 11.6 Å². The molecule has 0 saturated carbocycles. The standard InChI is InChI=1S/C17H14ClF3N6O2S/c1-9(30(28)29)11-8-24-15(14-22-4-3-5-23-14)26-13(11)16-25-7-10(27(16)2)6-12(18)17(19,20)21/h3-9H,1-2H3,(H,28,29)/p-1/b12-6-. The van der Waals surface area contributed by atoms with Crippen molar-refractivity contribution in [2.75, 3.05) is 0 Å². The van der Waals surface area contributed by atoms with E-state index < -0.39 is 27.5 Å². The summed E-state index contributed by atoms with van der Waals surface area (Å²) in [6.07, 6.45) is 1.45. The third-order valence-corrected chi connectivity index (χ3v) is 5.25. The Kier molecular flexibility index (Phi) is 6.29. The molecule has 0 aliphatic rings. The Balaban J connectivity index is 2.17. The zero-order valence-corrected chi connectivity index (χ0v) is 17.0. The quantitative estimate of drug-likeness (QED) is 0.540. The monoisotopic (exact) mass is 457 g/mol. The first-order chi connectivity index (χ1) is 14.1. The number of halogens is 4. The first-order valence-corrected chi connectivity index (χ1v) is 9.80. The second kappa shape index (κ2) is 8.58. The van der Waals surface area contributed by atoms with Gasteiger partial charge in [-0.25, -0.2) is 24.9 Å². The van der Waals surface area contributed by atoms with Gasteiger partial charge in [-0.3, -0.25) is 4.21 Å². The summed E-state index contributed by atoms with van der Waals surface area (Å²) in [6.45, 7) is 1.42.